The van der Waals surface area contributed by atoms with Crippen LogP contribution in [0.4, 0.5) is 10.1 Å². The highest BCUT2D eigenvalue weighted by Crippen LogP contribution is 2.34. The molecule has 0 aromatic carbocycles. The van der Waals surface area contributed by atoms with Crippen molar-refractivity contribution in [3.05, 3.63) is 17.8 Å². The molecule has 8 heteroatoms. The van der Waals surface area contributed by atoms with Gasteiger partial charge in [-0.3, -0.25) is 4.79 Å². The lowest BCUT2D eigenvalue weighted by atomic mass is 10.1. The van der Waals surface area contributed by atoms with E-state index in [-0.39, 0.29) is 30.2 Å². The first-order chi connectivity index (χ1) is 14.7. The summed E-state index contributed by atoms with van der Waals surface area (Å²) in [4.78, 5) is 19.4. The minimum Gasteiger partial charge on any atom is -0.476 e. The maximum atomic E-state index is 13.0. The molecule has 1 atom stereocenters. The molecule has 1 aromatic rings. The summed E-state index contributed by atoms with van der Waals surface area (Å²) < 4.78 is 43.2. The molecule has 0 radical (unpaired) electrons. The summed E-state index contributed by atoms with van der Waals surface area (Å²) in [5.41, 5.74) is 1.07. The van der Waals surface area contributed by atoms with E-state index in [1.807, 2.05) is 19.9 Å². The van der Waals surface area contributed by atoms with Crippen LogP contribution in [0.3, 0.4) is 0 Å². The molecule has 0 spiro atoms. The van der Waals surface area contributed by atoms with Gasteiger partial charge in [0.15, 0.2) is 0 Å². The molecule has 2 heterocycles. The zero-order chi connectivity index (χ0) is 22.6. The molecular formula is C21H32FN3O4. The fraction of sp³-hybridized carbons (Fsp3) is 0.714. The predicted molar refractivity (Wildman–Crippen MR) is 108 cm³/mol. The van der Waals surface area contributed by atoms with Gasteiger partial charge in [-0.15, -0.1) is 0 Å². The maximum absolute atomic E-state index is 13.0. The lowest BCUT2D eigenvalue weighted by molar-refractivity contribution is 0.0729. The molecule has 7 nitrogen and oxygen atoms in total. The molecule has 1 aliphatic carbocycles. The lowest BCUT2D eigenvalue weighted by Gasteiger charge is -2.40. The van der Waals surface area contributed by atoms with E-state index in [0.717, 1.165) is 31.6 Å². The number of nitrogens with zero attached hydrogens (tertiary/aromatic N) is 2. The van der Waals surface area contributed by atoms with Crippen molar-refractivity contribution in [3.8, 4) is 5.88 Å². The average molecular weight is 412 g/mol. The predicted octanol–water partition coefficient (Wildman–Crippen LogP) is 2.45. The average Bonchev–Trinajstić information content (AvgIpc) is 3.48. The minimum atomic E-state index is -2.91. The molecule has 0 unspecified atom stereocenters. The number of ether oxygens (including phenoxy) is 3. The number of aromatic nitrogens is 1. The number of methoxy groups -OCH3 is 1. The largest absolute Gasteiger partial charge is 0.476 e. The summed E-state index contributed by atoms with van der Waals surface area (Å²) in [7, 11) is 1.69. The Labute approximate surface area is 174 Å². The smallest absolute Gasteiger partial charge is 0.270 e. The molecule has 1 aromatic heterocycles. The molecular weight excluding hydrogens is 377 g/mol. The van der Waals surface area contributed by atoms with Crippen LogP contribution in [0.2, 0.25) is 0 Å². The number of hydrogen-bond acceptors (Lipinski definition) is 6. The van der Waals surface area contributed by atoms with Crippen LogP contribution in [0.25, 0.3) is 0 Å². The number of anilines is 1. The second-order valence-corrected chi connectivity index (χ2v) is 8.01. The molecule has 2 aliphatic rings. The zero-order valence-electron chi connectivity index (χ0n) is 19.3. The van der Waals surface area contributed by atoms with Gasteiger partial charge in [0.25, 0.3) is 5.91 Å². The van der Waals surface area contributed by atoms with Crippen molar-refractivity contribution in [2.75, 3.05) is 51.5 Å². The number of alkyl halides is 1. The highest BCUT2D eigenvalue weighted by Gasteiger charge is 2.31. The third-order valence-electron chi connectivity index (χ3n) is 5.32. The summed E-state index contributed by atoms with van der Waals surface area (Å²) in [6.45, 7) is 2.29. The monoisotopic (exact) mass is 411 g/mol. The number of pyridine rings is 1. The molecule has 3 rings (SSSR count). The number of carbonyl (C=O) groups is 1. The minimum absolute atomic E-state index is 0.00212. The van der Waals surface area contributed by atoms with Crippen molar-refractivity contribution >= 4 is 11.6 Å². The van der Waals surface area contributed by atoms with Gasteiger partial charge in [-0.1, -0.05) is 13.8 Å². The molecule has 1 aliphatic heterocycles. The van der Waals surface area contributed by atoms with Gasteiger partial charge in [0.2, 0.25) is 5.88 Å². The van der Waals surface area contributed by atoms with Gasteiger partial charge in [0.1, 0.15) is 18.0 Å². The molecule has 1 amide bonds. The van der Waals surface area contributed by atoms with Crippen molar-refractivity contribution < 1.29 is 26.1 Å². The van der Waals surface area contributed by atoms with Gasteiger partial charge in [-0.2, -0.15) is 0 Å². The van der Waals surface area contributed by atoms with Crippen LogP contribution < -0.4 is 15.0 Å². The molecule has 1 N–H and O–H groups in total. The summed E-state index contributed by atoms with van der Waals surface area (Å²) in [6, 6.07) is 3.09. The SMILES string of the molecule is [2H]C([2H])(F)COC[C@@H](NC(=O)c1ccc(N2CC(OC)C2)c(OCC2CC2)n1)C(C)C. The Bertz CT molecular complexity index is 753. The Morgan fingerprint density at radius 1 is 1.41 bits per heavy atom. The number of halogens is 1. The first-order valence-corrected chi connectivity index (χ1v) is 10.2. The first-order valence-electron chi connectivity index (χ1n) is 11.2. The van der Waals surface area contributed by atoms with E-state index in [2.05, 4.69) is 15.2 Å². The van der Waals surface area contributed by atoms with E-state index in [9.17, 15) is 9.18 Å². The third-order valence-corrected chi connectivity index (χ3v) is 5.32. The maximum Gasteiger partial charge on any atom is 0.270 e. The van der Waals surface area contributed by atoms with E-state index >= 15 is 0 Å². The second kappa shape index (κ2) is 10.2. The summed E-state index contributed by atoms with van der Waals surface area (Å²) in [5, 5.41) is 2.86. The normalized spacial score (nSPS) is 19.4. The quantitative estimate of drug-likeness (QED) is 0.570. The van der Waals surface area contributed by atoms with Crippen LogP contribution in [0.15, 0.2) is 12.1 Å². The molecule has 2 fully saturated rings. The number of hydrogen-bond donors (Lipinski definition) is 1. The Kier molecular flexibility index (Phi) is 6.71. The van der Waals surface area contributed by atoms with Crippen LogP contribution >= 0.6 is 0 Å². The summed E-state index contributed by atoms with van der Waals surface area (Å²) in [6.07, 6.45) is 2.48. The van der Waals surface area contributed by atoms with E-state index in [4.69, 9.17) is 17.0 Å². The Morgan fingerprint density at radius 3 is 2.79 bits per heavy atom. The summed E-state index contributed by atoms with van der Waals surface area (Å²) in [5.74, 6) is 0.615. The van der Waals surface area contributed by atoms with Crippen LogP contribution in [-0.4, -0.2) is 69.7 Å². The zero-order valence-corrected chi connectivity index (χ0v) is 17.3. The second-order valence-electron chi connectivity index (χ2n) is 8.01. The molecule has 29 heavy (non-hydrogen) atoms. The van der Waals surface area contributed by atoms with Crippen molar-refractivity contribution in [1.82, 2.24) is 10.3 Å². The number of nitrogens with one attached hydrogen (secondary N) is 1. The highest BCUT2D eigenvalue weighted by molar-refractivity contribution is 5.93. The Balaban J connectivity index is 1.66. The standard InChI is InChI=1S/C21H32FN3O4/c1-14(2)18(13-28-9-8-22)23-20(26)17-6-7-19(25-10-16(11-25)27-3)21(24-17)29-12-15-4-5-15/h6-7,14-16,18H,4-5,8-13H2,1-3H3,(H,23,26)/t18-/m1/s1/i8D2. The van der Waals surface area contributed by atoms with Gasteiger partial charge >= 0.3 is 0 Å². The van der Waals surface area contributed by atoms with Crippen LogP contribution in [0.5, 0.6) is 5.88 Å². The van der Waals surface area contributed by atoms with Crippen LogP contribution in [0, 0.1) is 11.8 Å². The summed E-state index contributed by atoms with van der Waals surface area (Å²) >= 11 is 0. The fourth-order valence-electron chi connectivity index (χ4n) is 3.04. The van der Waals surface area contributed by atoms with Crippen molar-refractivity contribution in [3.63, 3.8) is 0 Å². The number of amides is 1. The topological polar surface area (TPSA) is 72.9 Å². The van der Waals surface area contributed by atoms with Gasteiger partial charge < -0.3 is 24.4 Å². The fourth-order valence-corrected chi connectivity index (χ4v) is 3.04. The number of carbonyl (C=O) groups excluding carboxylic acids is 1. The van der Waals surface area contributed by atoms with Crippen molar-refractivity contribution in [1.29, 1.82) is 0 Å². The third kappa shape index (κ3) is 6.02. The van der Waals surface area contributed by atoms with Crippen molar-refractivity contribution in [2.45, 2.75) is 38.8 Å². The van der Waals surface area contributed by atoms with E-state index in [1.165, 1.54) is 0 Å². The highest BCUT2D eigenvalue weighted by atomic mass is 19.1. The lowest BCUT2D eigenvalue weighted by Crippen LogP contribution is -2.52. The van der Waals surface area contributed by atoms with E-state index < -0.39 is 19.3 Å². The Morgan fingerprint density at radius 2 is 2.17 bits per heavy atom. The molecule has 1 saturated heterocycles. The Hall–Kier alpha value is -1.93. The molecule has 0 bridgehead atoms. The van der Waals surface area contributed by atoms with E-state index in [0.29, 0.717) is 18.4 Å². The van der Waals surface area contributed by atoms with Gasteiger partial charge in [-0.05, 0) is 36.8 Å². The van der Waals surface area contributed by atoms with Crippen LogP contribution in [0.1, 0.15) is 39.9 Å². The first kappa shape index (κ1) is 19.1. The number of rotatable bonds is 12. The van der Waals surface area contributed by atoms with Gasteiger partial charge in [0, 0.05) is 20.2 Å². The molecule has 162 valence electrons. The molecule has 1 saturated carbocycles. The van der Waals surface area contributed by atoms with Crippen LogP contribution in [-0.2, 0) is 9.47 Å². The van der Waals surface area contributed by atoms with E-state index in [1.54, 1.807) is 13.2 Å². The van der Waals surface area contributed by atoms with Crippen molar-refractivity contribution in [2.24, 2.45) is 11.8 Å². The van der Waals surface area contributed by atoms with Gasteiger partial charge in [-0.25, -0.2) is 9.37 Å². The van der Waals surface area contributed by atoms with Gasteiger partial charge in [0.05, 0.1) is 34.7 Å².